The summed E-state index contributed by atoms with van der Waals surface area (Å²) in [7, 11) is -6.08. The second kappa shape index (κ2) is 5.93. The van der Waals surface area contributed by atoms with Gasteiger partial charge in [-0.15, -0.1) is 0 Å². The highest BCUT2D eigenvalue weighted by atomic mass is 32.2. The molecule has 0 spiro atoms. The smallest absolute Gasteiger partial charge is 0.240 e. The van der Waals surface area contributed by atoms with E-state index in [1.165, 1.54) is 43.9 Å². The molecule has 0 saturated heterocycles. The van der Waals surface area contributed by atoms with Gasteiger partial charge in [-0.2, -0.15) is 0 Å². The van der Waals surface area contributed by atoms with Crippen molar-refractivity contribution in [2.75, 3.05) is 7.05 Å². The number of aromatic nitrogens is 1. The van der Waals surface area contributed by atoms with Crippen molar-refractivity contribution >= 4 is 20.0 Å². The van der Waals surface area contributed by atoms with Gasteiger partial charge in [0.05, 0.1) is 22.5 Å². The standard InChI is InChI=1S/C11H13N3O5S2/c1-12-20(15,16)10-2-4-11(5-3-10)21(17,18)14-7-9-6-13-8-19-9/h2-6,8,12,14H,7H2,1H3. The molecule has 0 aliphatic heterocycles. The summed E-state index contributed by atoms with van der Waals surface area (Å²) >= 11 is 0. The molecule has 0 aliphatic rings. The van der Waals surface area contributed by atoms with Crippen molar-refractivity contribution in [3.8, 4) is 0 Å². The van der Waals surface area contributed by atoms with Crippen molar-refractivity contribution < 1.29 is 21.3 Å². The molecule has 0 amide bonds. The number of nitrogens with zero attached hydrogens (tertiary/aromatic N) is 1. The first kappa shape index (κ1) is 15.6. The van der Waals surface area contributed by atoms with Crippen LogP contribution in [0.2, 0.25) is 0 Å². The van der Waals surface area contributed by atoms with Crippen LogP contribution in [-0.4, -0.2) is 28.9 Å². The van der Waals surface area contributed by atoms with Gasteiger partial charge in [-0.05, 0) is 31.3 Å². The van der Waals surface area contributed by atoms with E-state index < -0.39 is 20.0 Å². The Morgan fingerprint density at radius 1 is 1.05 bits per heavy atom. The van der Waals surface area contributed by atoms with E-state index in [1.807, 2.05) is 0 Å². The molecule has 1 aromatic carbocycles. The molecular formula is C11H13N3O5S2. The summed E-state index contributed by atoms with van der Waals surface area (Å²) in [5.41, 5.74) is 0. The Kier molecular flexibility index (Phi) is 4.42. The number of sulfonamides is 2. The van der Waals surface area contributed by atoms with Crippen LogP contribution in [0.3, 0.4) is 0 Å². The Hall–Kier alpha value is -1.75. The van der Waals surface area contributed by atoms with Gasteiger partial charge in [0.2, 0.25) is 20.0 Å². The summed E-state index contributed by atoms with van der Waals surface area (Å²) in [6.45, 7) is -0.0428. The van der Waals surface area contributed by atoms with E-state index in [2.05, 4.69) is 14.4 Å². The molecule has 2 aromatic rings. The maximum atomic E-state index is 12.0. The number of hydrogen-bond acceptors (Lipinski definition) is 6. The molecule has 114 valence electrons. The van der Waals surface area contributed by atoms with Crippen molar-refractivity contribution in [2.24, 2.45) is 0 Å². The van der Waals surface area contributed by atoms with Crippen molar-refractivity contribution in [1.82, 2.24) is 14.4 Å². The van der Waals surface area contributed by atoms with Crippen LogP contribution >= 0.6 is 0 Å². The second-order valence-electron chi connectivity index (χ2n) is 3.97. The van der Waals surface area contributed by atoms with Gasteiger partial charge in [-0.25, -0.2) is 31.3 Å². The lowest BCUT2D eigenvalue weighted by Gasteiger charge is -2.06. The Balaban J connectivity index is 2.17. The van der Waals surface area contributed by atoms with Crippen LogP contribution in [0.5, 0.6) is 0 Å². The lowest BCUT2D eigenvalue weighted by Crippen LogP contribution is -2.23. The highest BCUT2D eigenvalue weighted by molar-refractivity contribution is 7.90. The van der Waals surface area contributed by atoms with Crippen LogP contribution < -0.4 is 9.44 Å². The molecule has 0 bridgehead atoms. The molecule has 0 unspecified atom stereocenters. The SMILES string of the molecule is CNS(=O)(=O)c1ccc(S(=O)(=O)NCc2cnco2)cc1. The quantitative estimate of drug-likeness (QED) is 0.773. The molecule has 21 heavy (non-hydrogen) atoms. The minimum atomic E-state index is -3.76. The lowest BCUT2D eigenvalue weighted by atomic mass is 10.4. The van der Waals surface area contributed by atoms with Crippen LogP contribution in [0.1, 0.15) is 5.76 Å². The third-order valence-electron chi connectivity index (χ3n) is 2.63. The molecule has 8 nitrogen and oxygen atoms in total. The number of nitrogens with one attached hydrogen (secondary N) is 2. The third-order valence-corrected chi connectivity index (χ3v) is 5.48. The van der Waals surface area contributed by atoms with E-state index in [-0.39, 0.29) is 16.3 Å². The largest absolute Gasteiger partial charge is 0.447 e. The summed E-state index contributed by atoms with van der Waals surface area (Å²) in [4.78, 5) is 3.61. The summed E-state index contributed by atoms with van der Waals surface area (Å²) in [5.74, 6) is 0.368. The Bertz CT molecular complexity index is 796. The molecule has 1 aromatic heterocycles. The van der Waals surface area contributed by atoms with Gasteiger partial charge in [0.15, 0.2) is 6.39 Å². The zero-order chi connectivity index (χ0) is 15.5. The number of hydrogen-bond donors (Lipinski definition) is 2. The first-order valence-corrected chi connectivity index (χ1v) is 8.72. The second-order valence-corrected chi connectivity index (χ2v) is 7.62. The van der Waals surface area contributed by atoms with E-state index in [0.717, 1.165) is 0 Å². The van der Waals surface area contributed by atoms with Crippen molar-refractivity contribution in [3.05, 3.63) is 42.6 Å². The molecule has 2 rings (SSSR count). The molecule has 0 radical (unpaired) electrons. The average molecular weight is 331 g/mol. The molecule has 10 heteroatoms. The number of oxazole rings is 1. The van der Waals surface area contributed by atoms with E-state index in [9.17, 15) is 16.8 Å². The summed E-state index contributed by atoms with van der Waals surface area (Å²) in [6.07, 6.45) is 2.59. The fraction of sp³-hybridized carbons (Fsp3) is 0.182. The van der Waals surface area contributed by atoms with Gasteiger partial charge in [-0.3, -0.25) is 0 Å². The molecule has 2 N–H and O–H groups in total. The highest BCUT2D eigenvalue weighted by Gasteiger charge is 2.17. The summed E-state index contributed by atoms with van der Waals surface area (Å²) in [6, 6.07) is 4.86. The first-order chi connectivity index (χ1) is 9.85. The van der Waals surface area contributed by atoms with E-state index in [4.69, 9.17) is 4.42 Å². The highest BCUT2D eigenvalue weighted by Crippen LogP contribution is 2.14. The zero-order valence-electron chi connectivity index (χ0n) is 11.0. The molecule has 0 atom stereocenters. The van der Waals surface area contributed by atoms with Crippen LogP contribution in [-0.2, 0) is 26.6 Å². The molecule has 1 heterocycles. The summed E-state index contributed by atoms with van der Waals surface area (Å²) < 4.78 is 56.5. The average Bonchev–Trinajstić information content (AvgIpc) is 2.99. The molecule has 0 aliphatic carbocycles. The van der Waals surface area contributed by atoms with E-state index in [1.54, 1.807) is 0 Å². The Morgan fingerprint density at radius 2 is 1.62 bits per heavy atom. The zero-order valence-corrected chi connectivity index (χ0v) is 12.6. The van der Waals surface area contributed by atoms with Gasteiger partial charge in [0.1, 0.15) is 5.76 Å². The van der Waals surface area contributed by atoms with Gasteiger partial charge in [0, 0.05) is 0 Å². The van der Waals surface area contributed by atoms with Gasteiger partial charge >= 0.3 is 0 Å². The Labute approximate surface area is 122 Å². The number of rotatable bonds is 6. The minimum Gasteiger partial charge on any atom is -0.447 e. The van der Waals surface area contributed by atoms with Gasteiger partial charge in [-0.1, -0.05) is 0 Å². The van der Waals surface area contributed by atoms with Crippen LogP contribution in [0, 0.1) is 0 Å². The monoisotopic (exact) mass is 331 g/mol. The maximum absolute atomic E-state index is 12.0. The van der Waals surface area contributed by atoms with Crippen molar-refractivity contribution in [2.45, 2.75) is 16.3 Å². The van der Waals surface area contributed by atoms with E-state index in [0.29, 0.717) is 5.76 Å². The maximum Gasteiger partial charge on any atom is 0.240 e. The topological polar surface area (TPSA) is 118 Å². The van der Waals surface area contributed by atoms with Crippen LogP contribution in [0.15, 0.2) is 51.1 Å². The predicted octanol–water partition coefficient (Wildman–Crippen LogP) is 0.0612. The lowest BCUT2D eigenvalue weighted by molar-refractivity contribution is 0.494. The Morgan fingerprint density at radius 3 is 2.10 bits per heavy atom. The van der Waals surface area contributed by atoms with Gasteiger partial charge < -0.3 is 4.42 Å². The minimum absolute atomic E-state index is 0.0146. The van der Waals surface area contributed by atoms with Crippen LogP contribution in [0.25, 0.3) is 0 Å². The van der Waals surface area contributed by atoms with Crippen LogP contribution in [0.4, 0.5) is 0 Å². The summed E-state index contributed by atoms with van der Waals surface area (Å²) in [5, 5.41) is 0. The van der Waals surface area contributed by atoms with Crippen molar-refractivity contribution in [1.29, 1.82) is 0 Å². The van der Waals surface area contributed by atoms with Crippen molar-refractivity contribution in [3.63, 3.8) is 0 Å². The van der Waals surface area contributed by atoms with E-state index >= 15 is 0 Å². The molecule has 0 saturated carbocycles. The number of benzene rings is 1. The predicted molar refractivity (Wildman–Crippen MR) is 73.2 cm³/mol. The third kappa shape index (κ3) is 3.67. The molecular weight excluding hydrogens is 318 g/mol. The first-order valence-electron chi connectivity index (χ1n) is 5.76. The fourth-order valence-corrected chi connectivity index (χ4v) is 3.22. The van der Waals surface area contributed by atoms with Gasteiger partial charge in [0.25, 0.3) is 0 Å². The molecule has 0 fully saturated rings. The normalized spacial score (nSPS) is 12.4. The fourth-order valence-electron chi connectivity index (χ4n) is 1.49.